The number of ether oxygens (including phenoxy) is 3. The number of rotatable bonds is 9. The van der Waals surface area contributed by atoms with Crippen LogP contribution in [-0.2, 0) is 19.1 Å². The number of anilines is 1. The van der Waals surface area contributed by atoms with E-state index in [0.717, 1.165) is 16.4 Å². The third-order valence-corrected chi connectivity index (χ3v) is 6.46. The fourth-order valence-electron chi connectivity index (χ4n) is 3.92. The molecule has 2 aromatic carbocycles. The monoisotopic (exact) mass is 493 g/mol. The number of carbonyl (C=O) groups is 2. The molecular weight excluding hydrogens is 466 g/mol. The zero-order valence-electron chi connectivity index (χ0n) is 19.8. The Balaban J connectivity index is 1.59. The molecule has 0 spiro atoms. The number of amides is 1. The van der Waals surface area contributed by atoms with E-state index < -0.39 is 12.0 Å². The smallest absolute Gasteiger partial charge is 0.338 e. The van der Waals surface area contributed by atoms with Gasteiger partial charge in [-0.25, -0.2) is 9.79 Å². The third-order valence-electron chi connectivity index (χ3n) is 5.57. The number of nitrogens with one attached hydrogen (secondary N) is 1. The topological polar surface area (TPSA) is 89.5 Å². The van der Waals surface area contributed by atoms with Crippen LogP contribution in [0.15, 0.2) is 82.0 Å². The first-order valence-electron chi connectivity index (χ1n) is 11.1. The molecule has 35 heavy (non-hydrogen) atoms. The molecule has 1 amide bonds. The molecule has 9 heteroatoms. The molecule has 0 aromatic heterocycles. The van der Waals surface area contributed by atoms with Crippen LogP contribution in [0.5, 0.6) is 5.75 Å². The number of fused-ring (bicyclic) bond motifs is 1. The molecule has 0 saturated carbocycles. The summed E-state index contributed by atoms with van der Waals surface area (Å²) in [6.45, 7) is 2.26. The number of aliphatic imine (C=N–C) groups is 1. The molecule has 4 rings (SSSR count). The van der Waals surface area contributed by atoms with Gasteiger partial charge in [0.15, 0.2) is 5.17 Å². The van der Waals surface area contributed by atoms with Crippen LogP contribution in [0.4, 0.5) is 5.69 Å². The minimum atomic E-state index is -0.464. The highest BCUT2D eigenvalue weighted by molar-refractivity contribution is 8.16. The highest BCUT2D eigenvalue weighted by Crippen LogP contribution is 2.44. The Morgan fingerprint density at radius 1 is 1.06 bits per heavy atom. The van der Waals surface area contributed by atoms with E-state index in [1.807, 2.05) is 47.6 Å². The Kier molecular flexibility index (Phi) is 7.89. The van der Waals surface area contributed by atoms with Crippen LogP contribution in [-0.4, -0.2) is 49.4 Å². The van der Waals surface area contributed by atoms with E-state index in [0.29, 0.717) is 29.3 Å². The average molecular weight is 494 g/mol. The second kappa shape index (κ2) is 11.2. The zero-order chi connectivity index (χ0) is 24.8. The van der Waals surface area contributed by atoms with E-state index >= 15 is 0 Å². The molecule has 1 N–H and O–H groups in total. The SMILES string of the molecule is COCCOC(=O)C1=C(C)N=C2SC=C(CC(=O)Nc3ccc(OC)cc3)N2[C@@H]1c1ccccc1. The Bertz CT molecular complexity index is 1180. The van der Waals surface area contributed by atoms with Gasteiger partial charge in [0.1, 0.15) is 12.4 Å². The fraction of sp³-hybridized carbons (Fsp3) is 0.269. The first kappa shape index (κ1) is 24.6. The van der Waals surface area contributed by atoms with E-state index in [1.165, 1.54) is 11.8 Å². The predicted molar refractivity (Wildman–Crippen MR) is 136 cm³/mol. The molecule has 0 bridgehead atoms. The van der Waals surface area contributed by atoms with Gasteiger partial charge < -0.3 is 24.4 Å². The quantitative estimate of drug-likeness (QED) is 0.407. The number of allylic oxidation sites excluding steroid dienone is 1. The molecule has 0 aliphatic carbocycles. The van der Waals surface area contributed by atoms with Crippen molar-refractivity contribution in [2.45, 2.75) is 19.4 Å². The van der Waals surface area contributed by atoms with Crippen LogP contribution in [0, 0.1) is 0 Å². The van der Waals surface area contributed by atoms with Gasteiger partial charge in [0.2, 0.25) is 5.91 Å². The van der Waals surface area contributed by atoms with Crippen LogP contribution in [0.3, 0.4) is 0 Å². The molecule has 182 valence electrons. The maximum Gasteiger partial charge on any atom is 0.338 e. The lowest BCUT2D eigenvalue weighted by molar-refractivity contribution is -0.141. The summed E-state index contributed by atoms with van der Waals surface area (Å²) in [6.07, 6.45) is 0.117. The summed E-state index contributed by atoms with van der Waals surface area (Å²) in [5.74, 6) is 0.0885. The summed E-state index contributed by atoms with van der Waals surface area (Å²) in [5, 5.41) is 5.55. The van der Waals surface area contributed by atoms with Crippen molar-refractivity contribution in [1.29, 1.82) is 0 Å². The number of methoxy groups -OCH3 is 2. The molecule has 2 aromatic rings. The second-order valence-electron chi connectivity index (χ2n) is 7.89. The second-order valence-corrected chi connectivity index (χ2v) is 8.72. The maximum atomic E-state index is 13.1. The Labute approximate surface area is 208 Å². The third kappa shape index (κ3) is 5.58. The Morgan fingerprint density at radius 3 is 2.49 bits per heavy atom. The lowest BCUT2D eigenvalue weighted by atomic mass is 9.94. The summed E-state index contributed by atoms with van der Waals surface area (Å²) in [6, 6.07) is 16.4. The van der Waals surface area contributed by atoms with Crippen LogP contribution in [0.2, 0.25) is 0 Å². The van der Waals surface area contributed by atoms with Gasteiger partial charge >= 0.3 is 5.97 Å². The van der Waals surface area contributed by atoms with Crippen molar-refractivity contribution in [2.75, 3.05) is 32.8 Å². The largest absolute Gasteiger partial charge is 0.497 e. The zero-order valence-corrected chi connectivity index (χ0v) is 20.6. The van der Waals surface area contributed by atoms with E-state index in [-0.39, 0.29) is 18.9 Å². The Morgan fingerprint density at radius 2 is 1.80 bits per heavy atom. The van der Waals surface area contributed by atoms with Gasteiger partial charge in [-0.2, -0.15) is 0 Å². The maximum absolute atomic E-state index is 13.1. The molecule has 2 heterocycles. The summed E-state index contributed by atoms with van der Waals surface area (Å²) in [4.78, 5) is 32.7. The lowest BCUT2D eigenvalue weighted by Crippen LogP contribution is -2.37. The first-order chi connectivity index (χ1) is 17.0. The molecule has 0 radical (unpaired) electrons. The van der Waals surface area contributed by atoms with E-state index in [9.17, 15) is 9.59 Å². The normalized spacial score (nSPS) is 16.9. The number of amidine groups is 1. The molecular formula is C26H27N3O5S. The van der Waals surface area contributed by atoms with E-state index in [2.05, 4.69) is 10.3 Å². The number of hydrogen-bond donors (Lipinski definition) is 1. The van der Waals surface area contributed by atoms with Gasteiger partial charge in [-0.05, 0) is 42.2 Å². The van der Waals surface area contributed by atoms with E-state index in [1.54, 1.807) is 38.5 Å². The van der Waals surface area contributed by atoms with Crippen molar-refractivity contribution in [2.24, 2.45) is 4.99 Å². The number of esters is 1. The highest BCUT2D eigenvalue weighted by Gasteiger charge is 2.41. The van der Waals surface area contributed by atoms with Crippen molar-refractivity contribution in [3.63, 3.8) is 0 Å². The number of thioether (sulfide) groups is 1. The first-order valence-corrected chi connectivity index (χ1v) is 12.0. The molecule has 0 fully saturated rings. The molecule has 2 aliphatic rings. The van der Waals surface area contributed by atoms with Gasteiger partial charge in [-0.3, -0.25) is 4.79 Å². The summed E-state index contributed by atoms with van der Waals surface area (Å²) in [5.41, 5.74) is 3.37. The standard InChI is InChI=1S/C26H27N3O5S/c1-17-23(25(31)34-14-13-32-2)24(18-7-5-4-6-8-18)29-20(16-35-26(29)27-17)15-22(30)28-19-9-11-21(33-3)12-10-19/h4-12,16,24H,13-15H2,1-3H3,(H,28,30)/t24-/m1/s1. The van der Waals surface area contributed by atoms with Crippen molar-refractivity contribution >= 4 is 34.5 Å². The van der Waals surface area contributed by atoms with Crippen molar-refractivity contribution < 1.29 is 23.8 Å². The lowest BCUT2D eigenvalue weighted by Gasteiger charge is -2.36. The molecule has 1 atom stereocenters. The number of nitrogens with zero attached hydrogens (tertiary/aromatic N) is 2. The fourth-order valence-corrected chi connectivity index (χ4v) is 4.89. The van der Waals surface area contributed by atoms with Crippen LogP contribution in [0.1, 0.15) is 24.9 Å². The summed E-state index contributed by atoms with van der Waals surface area (Å²) in [7, 11) is 3.15. The summed E-state index contributed by atoms with van der Waals surface area (Å²) >= 11 is 1.44. The van der Waals surface area contributed by atoms with Crippen molar-refractivity contribution in [3.8, 4) is 5.75 Å². The van der Waals surface area contributed by atoms with Gasteiger partial charge in [0, 0.05) is 18.5 Å². The molecule has 0 unspecified atom stereocenters. The van der Waals surface area contributed by atoms with Gasteiger partial charge in [-0.15, -0.1) is 0 Å². The molecule has 0 saturated heterocycles. The van der Waals surface area contributed by atoms with Crippen molar-refractivity contribution in [1.82, 2.24) is 4.90 Å². The number of carbonyl (C=O) groups excluding carboxylic acids is 2. The summed E-state index contributed by atoms with van der Waals surface area (Å²) < 4.78 is 15.7. The van der Waals surface area contributed by atoms with Crippen LogP contribution in [0.25, 0.3) is 0 Å². The Hall–Kier alpha value is -3.56. The van der Waals surface area contributed by atoms with Crippen molar-refractivity contribution in [3.05, 3.63) is 82.5 Å². The van der Waals surface area contributed by atoms with Gasteiger partial charge in [-0.1, -0.05) is 42.1 Å². The van der Waals surface area contributed by atoms with Crippen LogP contribution >= 0.6 is 11.8 Å². The highest BCUT2D eigenvalue weighted by atomic mass is 32.2. The van der Waals surface area contributed by atoms with Crippen LogP contribution < -0.4 is 10.1 Å². The van der Waals surface area contributed by atoms with Gasteiger partial charge in [0.25, 0.3) is 0 Å². The number of benzene rings is 2. The minimum absolute atomic E-state index is 0.117. The van der Waals surface area contributed by atoms with E-state index in [4.69, 9.17) is 14.2 Å². The average Bonchev–Trinajstić information content (AvgIpc) is 3.25. The number of hydrogen-bond acceptors (Lipinski definition) is 8. The predicted octanol–water partition coefficient (Wildman–Crippen LogP) is 4.49. The minimum Gasteiger partial charge on any atom is -0.497 e. The van der Waals surface area contributed by atoms with Gasteiger partial charge in [0.05, 0.1) is 37.4 Å². The molecule has 2 aliphatic heterocycles. The molecule has 8 nitrogen and oxygen atoms in total.